The first kappa shape index (κ1) is 25.8. The molecule has 7 rings (SSSR count). The molecule has 2 aliphatic rings. The molecular formula is C39H31N3. The molecule has 0 bridgehead atoms. The maximum atomic E-state index is 5.16. The van der Waals surface area contributed by atoms with Gasteiger partial charge in [0.25, 0.3) is 0 Å². The lowest BCUT2D eigenvalue weighted by Gasteiger charge is -2.16. The number of nitrogens with zero attached hydrogens (tertiary/aromatic N) is 3. The fourth-order valence-electron chi connectivity index (χ4n) is 5.62. The van der Waals surface area contributed by atoms with Gasteiger partial charge in [0.05, 0.1) is 22.8 Å². The Kier molecular flexibility index (Phi) is 7.22. The van der Waals surface area contributed by atoms with Gasteiger partial charge in [0.15, 0.2) is 0 Å². The normalized spacial score (nSPS) is 14.4. The van der Waals surface area contributed by atoms with Gasteiger partial charge in [-0.1, -0.05) is 78.9 Å². The Morgan fingerprint density at radius 2 is 1.31 bits per heavy atom. The zero-order valence-electron chi connectivity index (χ0n) is 23.4. The Balaban J connectivity index is 1.37. The van der Waals surface area contributed by atoms with Crippen molar-refractivity contribution < 1.29 is 0 Å². The van der Waals surface area contributed by atoms with E-state index in [9.17, 15) is 0 Å². The molecule has 0 fully saturated rings. The number of pyridine rings is 3. The van der Waals surface area contributed by atoms with E-state index in [-0.39, 0.29) is 0 Å². The molecule has 2 aliphatic carbocycles. The highest BCUT2D eigenvalue weighted by Crippen LogP contribution is 2.35. The summed E-state index contributed by atoms with van der Waals surface area (Å²) in [6.07, 6.45) is 21.3. The van der Waals surface area contributed by atoms with Crippen LogP contribution in [0.1, 0.15) is 37.1 Å². The van der Waals surface area contributed by atoms with Crippen molar-refractivity contribution in [3.8, 4) is 44.8 Å². The number of benzene rings is 2. The molecule has 0 N–H and O–H groups in total. The lowest BCUT2D eigenvalue weighted by Crippen LogP contribution is -1.99. The first-order valence-electron chi connectivity index (χ1n) is 14.6. The van der Waals surface area contributed by atoms with Crippen molar-refractivity contribution in [3.05, 3.63) is 151 Å². The minimum Gasteiger partial charge on any atom is -0.256 e. The number of hydrogen-bond acceptors (Lipinski definition) is 3. The van der Waals surface area contributed by atoms with Gasteiger partial charge < -0.3 is 0 Å². The predicted molar refractivity (Wildman–Crippen MR) is 174 cm³/mol. The van der Waals surface area contributed by atoms with Gasteiger partial charge in [0.2, 0.25) is 0 Å². The van der Waals surface area contributed by atoms with Gasteiger partial charge in [-0.3, -0.25) is 9.97 Å². The molecule has 2 aromatic carbocycles. The van der Waals surface area contributed by atoms with E-state index in [1.807, 2.05) is 30.6 Å². The van der Waals surface area contributed by atoms with E-state index in [0.29, 0.717) is 0 Å². The summed E-state index contributed by atoms with van der Waals surface area (Å²) >= 11 is 0. The van der Waals surface area contributed by atoms with Crippen molar-refractivity contribution in [2.24, 2.45) is 0 Å². The average Bonchev–Trinajstić information content (AvgIpc) is 3.09. The van der Waals surface area contributed by atoms with Crippen LogP contribution in [0.4, 0.5) is 0 Å². The summed E-state index contributed by atoms with van der Waals surface area (Å²) in [5.41, 5.74) is 13.1. The van der Waals surface area contributed by atoms with E-state index in [1.165, 1.54) is 11.1 Å². The summed E-state index contributed by atoms with van der Waals surface area (Å²) in [7, 11) is 0. The highest BCUT2D eigenvalue weighted by atomic mass is 14.7. The summed E-state index contributed by atoms with van der Waals surface area (Å²) in [6.45, 7) is 0. The van der Waals surface area contributed by atoms with Gasteiger partial charge in [-0.15, -0.1) is 0 Å². The van der Waals surface area contributed by atoms with Crippen molar-refractivity contribution >= 4 is 11.1 Å². The molecule has 3 nitrogen and oxygen atoms in total. The zero-order valence-corrected chi connectivity index (χ0v) is 23.4. The van der Waals surface area contributed by atoms with Crippen LogP contribution in [0.5, 0.6) is 0 Å². The molecule has 0 amide bonds. The Morgan fingerprint density at radius 1 is 0.524 bits per heavy atom. The van der Waals surface area contributed by atoms with Crippen molar-refractivity contribution in [3.63, 3.8) is 0 Å². The quantitative estimate of drug-likeness (QED) is 0.215. The second-order valence-corrected chi connectivity index (χ2v) is 10.7. The maximum Gasteiger partial charge on any atom is 0.0712 e. The molecule has 3 heterocycles. The molecule has 0 unspecified atom stereocenters. The van der Waals surface area contributed by atoms with Gasteiger partial charge in [0, 0.05) is 29.1 Å². The number of aromatic nitrogens is 3. The van der Waals surface area contributed by atoms with Crippen molar-refractivity contribution in [2.75, 3.05) is 0 Å². The van der Waals surface area contributed by atoms with Crippen LogP contribution in [0.25, 0.3) is 55.9 Å². The van der Waals surface area contributed by atoms with Gasteiger partial charge in [0.1, 0.15) is 0 Å². The Hall–Kier alpha value is -5.15. The third-order valence-corrected chi connectivity index (χ3v) is 7.85. The SMILES string of the molecule is C1=CCCC(c2cc(-c3cc(-c4ccccn4)cc(-c4ccc(-c5ccccc5)cn4)c3)cc(C3=CCCC=C3)n2)=C1. The second-order valence-electron chi connectivity index (χ2n) is 10.7. The Morgan fingerprint density at radius 3 is 2.02 bits per heavy atom. The van der Waals surface area contributed by atoms with E-state index in [4.69, 9.17) is 9.97 Å². The molecule has 0 saturated carbocycles. The average molecular weight is 542 g/mol. The fourth-order valence-corrected chi connectivity index (χ4v) is 5.62. The van der Waals surface area contributed by atoms with Crippen LogP contribution >= 0.6 is 0 Å². The van der Waals surface area contributed by atoms with Crippen molar-refractivity contribution in [2.45, 2.75) is 25.7 Å². The summed E-state index contributed by atoms with van der Waals surface area (Å²) < 4.78 is 0. The highest BCUT2D eigenvalue weighted by Gasteiger charge is 2.15. The summed E-state index contributed by atoms with van der Waals surface area (Å²) in [5.74, 6) is 0. The minimum absolute atomic E-state index is 0.932. The maximum absolute atomic E-state index is 5.16. The number of hydrogen-bond donors (Lipinski definition) is 0. The van der Waals surface area contributed by atoms with Gasteiger partial charge in [-0.25, -0.2) is 4.98 Å². The van der Waals surface area contributed by atoms with Crippen LogP contribution in [0.2, 0.25) is 0 Å². The molecule has 0 aliphatic heterocycles. The fraction of sp³-hybridized carbons (Fsp3) is 0.103. The van der Waals surface area contributed by atoms with Crippen molar-refractivity contribution in [1.29, 1.82) is 0 Å². The molecule has 5 aromatic rings. The monoisotopic (exact) mass is 541 g/mol. The summed E-state index contributed by atoms with van der Waals surface area (Å²) in [4.78, 5) is 14.8. The lowest BCUT2D eigenvalue weighted by molar-refractivity contribution is 1.03. The third kappa shape index (κ3) is 5.55. The molecular weight excluding hydrogens is 510 g/mol. The lowest BCUT2D eigenvalue weighted by atomic mass is 9.93. The van der Waals surface area contributed by atoms with Crippen LogP contribution in [0.15, 0.2) is 140 Å². The first-order valence-corrected chi connectivity index (χ1v) is 14.6. The Labute approximate surface area is 247 Å². The van der Waals surface area contributed by atoms with Crippen molar-refractivity contribution in [1.82, 2.24) is 15.0 Å². The predicted octanol–water partition coefficient (Wildman–Crippen LogP) is 10.0. The van der Waals surface area contributed by atoms with E-state index in [1.54, 1.807) is 0 Å². The molecule has 0 radical (unpaired) electrons. The standard InChI is InChI=1S/C39H31N3/c1-4-12-28(13-5-1)31-19-20-37(41-27-31)35-23-32(22-34(24-35)36-18-10-11-21-40-36)33-25-38(29-14-6-2-7-15-29)42-39(26-33)30-16-8-3-9-17-30/h1-2,4-6,8,10-14,16-27H,3,7,9,15H2. The van der Waals surface area contributed by atoms with Gasteiger partial charge in [-0.2, -0.15) is 0 Å². The topological polar surface area (TPSA) is 38.7 Å². The molecule has 3 aromatic heterocycles. The molecule has 202 valence electrons. The molecule has 42 heavy (non-hydrogen) atoms. The number of allylic oxidation sites excluding steroid dienone is 8. The van der Waals surface area contributed by atoms with Gasteiger partial charge in [-0.05, 0) is 102 Å². The number of rotatable bonds is 6. The third-order valence-electron chi connectivity index (χ3n) is 7.85. The van der Waals surface area contributed by atoms with E-state index >= 15 is 0 Å². The highest BCUT2D eigenvalue weighted by molar-refractivity contribution is 5.84. The van der Waals surface area contributed by atoms with E-state index in [0.717, 1.165) is 81.8 Å². The molecule has 0 spiro atoms. The summed E-state index contributed by atoms with van der Waals surface area (Å²) in [5, 5.41) is 0. The Bertz CT molecular complexity index is 1840. The van der Waals surface area contributed by atoms with E-state index in [2.05, 4.69) is 114 Å². The van der Waals surface area contributed by atoms with E-state index < -0.39 is 0 Å². The van der Waals surface area contributed by atoms with Crippen LogP contribution in [0.3, 0.4) is 0 Å². The van der Waals surface area contributed by atoms with Crippen LogP contribution in [-0.2, 0) is 0 Å². The van der Waals surface area contributed by atoms with Gasteiger partial charge >= 0.3 is 0 Å². The van der Waals surface area contributed by atoms with Crippen LogP contribution < -0.4 is 0 Å². The molecule has 0 atom stereocenters. The van der Waals surface area contributed by atoms with Crippen LogP contribution in [0, 0.1) is 0 Å². The second kappa shape index (κ2) is 11.8. The first-order chi connectivity index (χ1) is 20.8. The summed E-state index contributed by atoms with van der Waals surface area (Å²) in [6, 6.07) is 31.9. The molecule has 3 heteroatoms. The zero-order chi connectivity index (χ0) is 28.1. The largest absolute Gasteiger partial charge is 0.256 e. The smallest absolute Gasteiger partial charge is 0.0712 e. The minimum atomic E-state index is 0.932. The van der Waals surface area contributed by atoms with Crippen LogP contribution in [-0.4, -0.2) is 15.0 Å². The molecule has 0 saturated heterocycles.